The van der Waals surface area contributed by atoms with Crippen molar-refractivity contribution in [2.75, 3.05) is 13.1 Å². The van der Waals surface area contributed by atoms with E-state index < -0.39 is 6.10 Å². The molecule has 2 rings (SSSR count). The third-order valence-electron chi connectivity index (χ3n) is 3.15. The minimum absolute atomic E-state index is 0.145. The molecule has 1 amide bonds. The van der Waals surface area contributed by atoms with Crippen LogP contribution in [0.1, 0.15) is 18.1 Å². The van der Waals surface area contributed by atoms with Crippen LogP contribution in [-0.4, -0.2) is 35.9 Å². The SMILES string of the molecule is NN=C1CNC(C(=O)NCC(O)c2ccccc2)C1. The van der Waals surface area contributed by atoms with Gasteiger partial charge in [-0.15, -0.1) is 0 Å². The van der Waals surface area contributed by atoms with Gasteiger partial charge in [-0.05, 0) is 5.56 Å². The molecule has 102 valence electrons. The van der Waals surface area contributed by atoms with Crippen molar-refractivity contribution < 1.29 is 9.90 Å². The lowest BCUT2D eigenvalue weighted by Crippen LogP contribution is -2.41. The lowest BCUT2D eigenvalue weighted by Gasteiger charge is -2.14. The Morgan fingerprint density at radius 2 is 2.26 bits per heavy atom. The van der Waals surface area contributed by atoms with Crippen LogP contribution in [0.25, 0.3) is 0 Å². The molecule has 1 fully saturated rings. The molecule has 0 saturated carbocycles. The first-order valence-electron chi connectivity index (χ1n) is 6.20. The van der Waals surface area contributed by atoms with E-state index in [2.05, 4.69) is 15.7 Å². The standard InChI is InChI=1S/C13H18N4O2/c14-17-10-6-11(15-7-10)13(19)16-8-12(18)9-4-2-1-3-5-9/h1-5,11-12,15,18H,6-8,14H2,(H,16,19). The number of rotatable bonds is 4. The molecule has 5 N–H and O–H groups in total. The lowest BCUT2D eigenvalue weighted by molar-refractivity contribution is -0.123. The Morgan fingerprint density at radius 1 is 1.53 bits per heavy atom. The molecule has 1 aliphatic heterocycles. The number of carbonyl (C=O) groups excluding carboxylic acids is 1. The minimum Gasteiger partial charge on any atom is -0.387 e. The van der Waals surface area contributed by atoms with Gasteiger partial charge in [-0.2, -0.15) is 5.10 Å². The summed E-state index contributed by atoms with van der Waals surface area (Å²) < 4.78 is 0. The zero-order valence-electron chi connectivity index (χ0n) is 10.5. The zero-order chi connectivity index (χ0) is 13.7. The molecule has 2 atom stereocenters. The van der Waals surface area contributed by atoms with Crippen LogP contribution in [0.2, 0.25) is 0 Å². The molecule has 0 aliphatic carbocycles. The molecule has 6 heteroatoms. The van der Waals surface area contributed by atoms with Crippen molar-refractivity contribution in [3.63, 3.8) is 0 Å². The predicted octanol–water partition coefficient (Wildman–Crippen LogP) is -0.487. The highest BCUT2D eigenvalue weighted by Crippen LogP contribution is 2.11. The van der Waals surface area contributed by atoms with Gasteiger partial charge in [-0.3, -0.25) is 4.79 Å². The summed E-state index contributed by atoms with van der Waals surface area (Å²) in [5.74, 6) is 5.03. The second-order valence-electron chi connectivity index (χ2n) is 4.50. The van der Waals surface area contributed by atoms with Gasteiger partial charge < -0.3 is 21.6 Å². The Morgan fingerprint density at radius 3 is 2.89 bits per heavy atom. The largest absolute Gasteiger partial charge is 0.387 e. The van der Waals surface area contributed by atoms with Crippen molar-refractivity contribution in [2.45, 2.75) is 18.6 Å². The number of carbonyl (C=O) groups is 1. The van der Waals surface area contributed by atoms with E-state index in [4.69, 9.17) is 5.84 Å². The van der Waals surface area contributed by atoms with Crippen molar-refractivity contribution >= 4 is 11.6 Å². The molecule has 0 bridgehead atoms. The molecule has 1 aliphatic rings. The quantitative estimate of drug-likeness (QED) is 0.434. The maximum atomic E-state index is 11.9. The molecule has 6 nitrogen and oxygen atoms in total. The first-order valence-corrected chi connectivity index (χ1v) is 6.20. The van der Waals surface area contributed by atoms with E-state index in [1.807, 2.05) is 30.3 Å². The monoisotopic (exact) mass is 262 g/mol. The number of amides is 1. The number of hydrazone groups is 1. The van der Waals surface area contributed by atoms with E-state index in [9.17, 15) is 9.90 Å². The Bertz CT molecular complexity index is 461. The lowest BCUT2D eigenvalue weighted by atomic mass is 10.1. The van der Waals surface area contributed by atoms with Crippen LogP contribution in [0, 0.1) is 0 Å². The summed E-state index contributed by atoms with van der Waals surface area (Å²) >= 11 is 0. The average molecular weight is 262 g/mol. The molecular formula is C13H18N4O2. The fourth-order valence-electron chi connectivity index (χ4n) is 2.02. The Balaban J connectivity index is 1.81. The maximum absolute atomic E-state index is 11.9. The van der Waals surface area contributed by atoms with Crippen molar-refractivity contribution in [1.29, 1.82) is 0 Å². The molecule has 0 aromatic heterocycles. The van der Waals surface area contributed by atoms with Gasteiger partial charge >= 0.3 is 0 Å². The smallest absolute Gasteiger partial charge is 0.237 e. The molecule has 0 spiro atoms. The topological polar surface area (TPSA) is 99.7 Å². The van der Waals surface area contributed by atoms with Gasteiger partial charge in [0.1, 0.15) is 0 Å². The maximum Gasteiger partial charge on any atom is 0.237 e. The Labute approximate surface area is 111 Å². The summed E-state index contributed by atoms with van der Waals surface area (Å²) in [6.07, 6.45) is -0.182. The number of hydrogen-bond acceptors (Lipinski definition) is 5. The Kier molecular flexibility index (Phi) is 4.48. The molecule has 1 saturated heterocycles. The second-order valence-corrected chi connectivity index (χ2v) is 4.50. The van der Waals surface area contributed by atoms with Gasteiger partial charge in [-0.1, -0.05) is 30.3 Å². The third-order valence-corrected chi connectivity index (χ3v) is 3.15. The number of nitrogens with zero attached hydrogens (tertiary/aromatic N) is 1. The highest BCUT2D eigenvalue weighted by molar-refractivity contribution is 5.96. The van der Waals surface area contributed by atoms with Gasteiger partial charge in [0.2, 0.25) is 5.91 Å². The highest BCUT2D eigenvalue weighted by atomic mass is 16.3. The number of nitrogens with one attached hydrogen (secondary N) is 2. The van der Waals surface area contributed by atoms with Crippen LogP contribution < -0.4 is 16.5 Å². The number of hydrogen-bond donors (Lipinski definition) is 4. The van der Waals surface area contributed by atoms with Crippen LogP contribution >= 0.6 is 0 Å². The van der Waals surface area contributed by atoms with E-state index in [1.165, 1.54) is 0 Å². The average Bonchev–Trinajstić information content (AvgIpc) is 2.94. The van der Waals surface area contributed by atoms with Gasteiger partial charge in [0, 0.05) is 19.5 Å². The van der Waals surface area contributed by atoms with E-state index >= 15 is 0 Å². The van der Waals surface area contributed by atoms with Crippen LogP contribution in [0.5, 0.6) is 0 Å². The normalized spacial score (nSPS) is 22.4. The highest BCUT2D eigenvalue weighted by Gasteiger charge is 2.26. The first kappa shape index (κ1) is 13.5. The van der Waals surface area contributed by atoms with E-state index in [0.717, 1.165) is 11.3 Å². The molecule has 19 heavy (non-hydrogen) atoms. The summed E-state index contributed by atoms with van der Waals surface area (Å²) in [7, 11) is 0. The van der Waals surface area contributed by atoms with Crippen LogP contribution in [-0.2, 0) is 4.79 Å². The van der Waals surface area contributed by atoms with Crippen molar-refractivity contribution in [3.05, 3.63) is 35.9 Å². The summed E-state index contributed by atoms with van der Waals surface area (Å²) in [4.78, 5) is 11.9. The van der Waals surface area contributed by atoms with Crippen LogP contribution in [0.15, 0.2) is 35.4 Å². The van der Waals surface area contributed by atoms with Gasteiger partial charge in [0.05, 0.1) is 17.9 Å². The Hall–Kier alpha value is -1.92. The molecule has 1 heterocycles. The molecular weight excluding hydrogens is 244 g/mol. The van der Waals surface area contributed by atoms with Crippen molar-refractivity contribution in [3.8, 4) is 0 Å². The second kappa shape index (κ2) is 6.31. The van der Waals surface area contributed by atoms with Crippen molar-refractivity contribution in [1.82, 2.24) is 10.6 Å². The summed E-state index contributed by atoms with van der Waals surface area (Å²) in [6.45, 7) is 0.728. The van der Waals surface area contributed by atoms with E-state index in [1.54, 1.807) is 0 Å². The first-order chi connectivity index (χ1) is 9.20. The van der Waals surface area contributed by atoms with Gasteiger partial charge in [0.15, 0.2) is 0 Å². The number of nitrogens with two attached hydrogens (primary N) is 1. The predicted molar refractivity (Wildman–Crippen MR) is 72.4 cm³/mol. The minimum atomic E-state index is -0.700. The van der Waals surface area contributed by atoms with Crippen LogP contribution in [0.3, 0.4) is 0 Å². The molecule has 1 aromatic rings. The summed E-state index contributed by atoms with van der Waals surface area (Å²) in [6, 6.07) is 8.91. The fourth-order valence-corrected chi connectivity index (χ4v) is 2.02. The van der Waals surface area contributed by atoms with Crippen molar-refractivity contribution in [2.24, 2.45) is 10.9 Å². The molecule has 0 radical (unpaired) electrons. The van der Waals surface area contributed by atoms with E-state index in [0.29, 0.717) is 13.0 Å². The van der Waals surface area contributed by atoms with Crippen LogP contribution in [0.4, 0.5) is 0 Å². The number of aliphatic hydroxyl groups is 1. The zero-order valence-corrected chi connectivity index (χ0v) is 10.5. The number of aliphatic hydroxyl groups excluding tert-OH is 1. The number of benzene rings is 1. The van der Waals surface area contributed by atoms with Gasteiger partial charge in [0.25, 0.3) is 0 Å². The van der Waals surface area contributed by atoms with E-state index in [-0.39, 0.29) is 18.5 Å². The van der Waals surface area contributed by atoms with Gasteiger partial charge in [-0.25, -0.2) is 0 Å². The fraction of sp³-hybridized carbons (Fsp3) is 0.385. The molecule has 1 aromatic carbocycles. The molecule has 2 unspecified atom stereocenters. The third kappa shape index (κ3) is 3.52. The summed E-state index contributed by atoms with van der Waals surface area (Å²) in [5.41, 5.74) is 1.56. The summed E-state index contributed by atoms with van der Waals surface area (Å²) in [5, 5.41) is 19.3.